The zero-order chi connectivity index (χ0) is 15.0. The minimum atomic E-state index is -1.27. The van der Waals surface area contributed by atoms with Gasteiger partial charge >= 0.3 is 0 Å². The number of hydrogen-bond donors (Lipinski definition) is 1. The number of carbonyl (C=O) groups excluding carboxylic acids is 1. The Balaban J connectivity index is 2.79. The van der Waals surface area contributed by atoms with Crippen LogP contribution in [0.2, 0.25) is 0 Å². The summed E-state index contributed by atoms with van der Waals surface area (Å²) in [6, 6.07) is 8.64. The fraction of sp³-hybridized carbons (Fsp3) is 0.533. The number of Topliss-reactive ketones (excluding diaryl/α,β-unsaturated/α-hetero) is 1. The van der Waals surface area contributed by atoms with E-state index < -0.39 is 18.3 Å². The van der Waals surface area contributed by atoms with Gasteiger partial charge in [0.05, 0.1) is 6.10 Å². The summed E-state index contributed by atoms with van der Waals surface area (Å²) in [5, 5.41) is 10.2. The first-order chi connectivity index (χ1) is 9.65. The van der Waals surface area contributed by atoms with Crippen LogP contribution in [0.25, 0.3) is 0 Å². The van der Waals surface area contributed by atoms with Gasteiger partial charge in [0, 0.05) is 33.5 Å². The summed E-state index contributed by atoms with van der Waals surface area (Å²) in [6.07, 6.45) is -1.89. The second-order valence-electron chi connectivity index (χ2n) is 4.43. The second-order valence-corrected chi connectivity index (χ2v) is 4.43. The third-order valence-electron chi connectivity index (χ3n) is 3.19. The van der Waals surface area contributed by atoms with Gasteiger partial charge < -0.3 is 19.3 Å². The lowest BCUT2D eigenvalue weighted by molar-refractivity contribution is -0.0906. The van der Waals surface area contributed by atoms with Gasteiger partial charge in [0.25, 0.3) is 0 Å². The van der Waals surface area contributed by atoms with Crippen molar-refractivity contribution in [2.45, 2.75) is 24.7 Å². The molecule has 1 aromatic carbocycles. The minimum Gasteiger partial charge on any atom is -0.385 e. The van der Waals surface area contributed by atoms with Gasteiger partial charge in [-0.05, 0) is 6.42 Å². The van der Waals surface area contributed by atoms with Crippen molar-refractivity contribution in [2.24, 2.45) is 0 Å². The van der Waals surface area contributed by atoms with E-state index in [0.717, 1.165) is 0 Å². The van der Waals surface area contributed by atoms with Crippen LogP contribution in [0, 0.1) is 0 Å². The fourth-order valence-electron chi connectivity index (χ4n) is 2.06. The highest BCUT2D eigenvalue weighted by Gasteiger charge is 2.33. The Labute approximate surface area is 119 Å². The molecule has 0 bridgehead atoms. The molecule has 112 valence electrons. The number of ketones is 1. The van der Waals surface area contributed by atoms with E-state index in [4.69, 9.17) is 14.2 Å². The van der Waals surface area contributed by atoms with Crippen molar-refractivity contribution in [3.63, 3.8) is 0 Å². The molecular formula is C15H22O5. The van der Waals surface area contributed by atoms with Gasteiger partial charge in [0.15, 0.2) is 5.78 Å². The molecule has 0 aliphatic heterocycles. The highest BCUT2D eigenvalue weighted by Crippen LogP contribution is 2.15. The minimum absolute atomic E-state index is 0.378. The Morgan fingerprint density at radius 3 is 2.30 bits per heavy atom. The van der Waals surface area contributed by atoms with E-state index >= 15 is 0 Å². The third-order valence-corrected chi connectivity index (χ3v) is 3.19. The van der Waals surface area contributed by atoms with Gasteiger partial charge in [0.1, 0.15) is 12.2 Å². The van der Waals surface area contributed by atoms with E-state index in [1.165, 1.54) is 14.2 Å². The molecule has 5 nitrogen and oxygen atoms in total. The summed E-state index contributed by atoms with van der Waals surface area (Å²) in [5.74, 6) is -0.378. The van der Waals surface area contributed by atoms with Gasteiger partial charge in [-0.25, -0.2) is 0 Å². The maximum atomic E-state index is 12.2. The number of aliphatic hydroxyl groups is 1. The van der Waals surface area contributed by atoms with Gasteiger partial charge in [-0.3, -0.25) is 4.79 Å². The van der Waals surface area contributed by atoms with Crippen molar-refractivity contribution in [1.29, 1.82) is 0 Å². The van der Waals surface area contributed by atoms with Crippen LogP contribution in [0.15, 0.2) is 30.3 Å². The maximum Gasteiger partial charge on any atom is 0.194 e. The summed E-state index contributed by atoms with van der Waals surface area (Å²) >= 11 is 0. The molecule has 1 N–H and O–H groups in total. The van der Waals surface area contributed by atoms with E-state index in [0.29, 0.717) is 18.6 Å². The molecule has 0 saturated heterocycles. The largest absolute Gasteiger partial charge is 0.385 e. The van der Waals surface area contributed by atoms with Crippen molar-refractivity contribution >= 4 is 5.78 Å². The molecule has 1 aromatic rings. The zero-order valence-corrected chi connectivity index (χ0v) is 12.1. The number of carbonyl (C=O) groups is 1. The molecule has 5 heteroatoms. The predicted molar refractivity (Wildman–Crippen MR) is 74.9 cm³/mol. The lowest BCUT2D eigenvalue weighted by Crippen LogP contribution is -2.45. The summed E-state index contributed by atoms with van der Waals surface area (Å²) in [7, 11) is 4.55. The van der Waals surface area contributed by atoms with Gasteiger partial charge in [-0.15, -0.1) is 0 Å². The number of benzene rings is 1. The van der Waals surface area contributed by atoms with E-state index in [1.54, 1.807) is 31.4 Å². The van der Waals surface area contributed by atoms with Crippen LogP contribution in [0.1, 0.15) is 16.8 Å². The Morgan fingerprint density at radius 1 is 1.15 bits per heavy atom. The average Bonchev–Trinajstić information content (AvgIpc) is 2.51. The predicted octanol–water partition coefficient (Wildman–Crippen LogP) is 1.30. The van der Waals surface area contributed by atoms with E-state index in [-0.39, 0.29) is 5.78 Å². The molecule has 0 fully saturated rings. The number of aliphatic hydroxyl groups excluding tert-OH is 1. The van der Waals surface area contributed by atoms with Crippen molar-refractivity contribution in [1.82, 2.24) is 0 Å². The van der Waals surface area contributed by atoms with Crippen molar-refractivity contribution < 1.29 is 24.1 Å². The van der Waals surface area contributed by atoms with Crippen LogP contribution in [-0.2, 0) is 14.2 Å². The number of methoxy groups -OCH3 is 3. The monoisotopic (exact) mass is 282 g/mol. The molecule has 3 atom stereocenters. The van der Waals surface area contributed by atoms with Crippen molar-refractivity contribution in [2.75, 3.05) is 27.9 Å². The molecule has 0 aromatic heterocycles. The Bertz CT molecular complexity index is 393. The fourth-order valence-corrected chi connectivity index (χ4v) is 2.06. The standard InChI is InChI=1S/C15H22O5/c1-18-10-9-12(19-2)15(20-3)14(17)13(16)11-7-5-4-6-8-11/h4-8,12,14-15,17H,9-10H2,1-3H3. The summed E-state index contributed by atoms with van der Waals surface area (Å²) < 4.78 is 15.5. The van der Waals surface area contributed by atoms with Crippen molar-refractivity contribution in [3.05, 3.63) is 35.9 Å². The topological polar surface area (TPSA) is 65.0 Å². The third kappa shape index (κ3) is 4.38. The first-order valence-electron chi connectivity index (χ1n) is 6.47. The summed E-state index contributed by atoms with van der Waals surface area (Å²) in [5.41, 5.74) is 0.448. The van der Waals surface area contributed by atoms with E-state index in [9.17, 15) is 9.90 Å². The summed E-state index contributed by atoms with van der Waals surface area (Å²) in [4.78, 5) is 12.2. The van der Waals surface area contributed by atoms with Crippen LogP contribution in [0.3, 0.4) is 0 Å². The molecule has 0 spiro atoms. The van der Waals surface area contributed by atoms with Gasteiger partial charge in [-0.2, -0.15) is 0 Å². The molecule has 0 aliphatic carbocycles. The second kappa shape index (κ2) is 8.81. The van der Waals surface area contributed by atoms with Gasteiger partial charge in [-0.1, -0.05) is 30.3 Å². The lowest BCUT2D eigenvalue weighted by Gasteiger charge is -2.28. The highest BCUT2D eigenvalue weighted by molar-refractivity contribution is 5.99. The Kier molecular flexibility index (Phi) is 7.40. The van der Waals surface area contributed by atoms with Crippen LogP contribution in [-0.4, -0.2) is 57.1 Å². The average molecular weight is 282 g/mol. The molecular weight excluding hydrogens is 260 g/mol. The first-order valence-corrected chi connectivity index (χ1v) is 6.47. The molecule has 0 heterocycles. The number of ether oxygens (including phenoxy) is 3. The number of hydrogen-bond acceptors (Lipinski definition) is 5. The highest BCUT2D eigenvalue weighted by atomic mass is 16.5. The van der Waals surface area contributed by atoms with Gasteiger partial charge in [0.2, 0.25) is 0 Å². The van der Waals surface area contributed by atoms with E-state index in [1.807, 2.05) is 6.07 Å². The quantitative estimate of drug-likeness (QED) is 0.692. The van der Waals surface area contributed by atoms with Crippen LogP contribution in [0.5, 0.6) is 0 Å². The van der Waals surface area contributed by atoms with Crippen LogP contribution >= 0.6 is 0 Å². The molecule has 0 saturated carbocycles. The molecule has 3 unspecified atom stereocenters. The Hall–Kier alpha value is -1.27. The first kappa shape index (κ1) is 16.8. The number of rotatable bonds is 9. The molecule has 0 aliphatic rings. The SMILES string of the molecule is COCCC(OC)C(OC)C(O)C(=O)c1ccccc1. The Morgan fingerprint density at radius 2 is 1.80 bits per heavy atom. The van der Waals surface area contributed by atoms with Crippen molar-refractivity contribution in [3.8, 4) is 0 Å². The maximum absolute atomic E-state index is 12.2. The molecule has 0 amide bonds. The smallest absolute Gasteiger partial charge is 0.194 e. The van der Waals surface area contributed by atoms with Crippen LogP contribution < -0.4 is 0 Å². The molecule has 0 radical (unpaired) electrons. The molecule has 20 heavy (non-hydrogen) atoms. The summed E-state index contributed by atoms with van der Waals surface area (Å²) in [6.45, 7) is 0.463. The van der Waals surface area contributed by atoms with E-state index in [2.05, 4.69) is 0 Å². The normalized spacial score (nSPS) is 15.6. The zero-order valence-electron chi connectivity index (χ0n) is 12.1. The lowest BCUT2D eigenvalue weighted by atomic mass is 9.97. The molecule has 1 rings (SSSR count). The van der Waals surface area contributed by atoms with Crippen LogP contribution in [0.4, 0.5) is 0 Å².